The SMILES string of the molecule is CC.CCN/N=C1/c2ccccc2N(CC(O)CN)C(=O)C1C. The van der Waals surface area contributed by atoms with Crippen LogP contribution >= 0.6 is 0 Å². The first-order chi connectivity index (χ1) is 11.1. The third kappa shape index (κ3) is 4.30. The number of hydrogen-bond donors (Lipinski definition) is 3. The summed E-state index contributed by atoms with van der Waals surface area (Å²) in [4.78, 5) is 14.2. The zero-order chi connectivity index (χ0) is 17.4. The summed E-state index contributed by atoms with van der Waals surface area (Å²) in [7, 11) is 0. The molecule has 0 saturated heterocycles. The fourth-order valence-electron chi connectivity index (χ4n) is 2.42. The first kappa shape index (κ1) is 19.1. The van der Waals surface area contributed by atoms with Gasteiger partial charge in [0.15, 0.2) is 0 Å². The summed E-state index contributed by atoms with van der Waals surface area (Å²) in [6, 6.07) is 7.59. The number of benzene rings is 1. The van der Waals surface area contributed by atoms with Gasteiger partial charge in [0.1, 0.15) is 0 Å². The molecular weight excluding hydrogens is 292 g/mol. The molecule has 0 bridgehead atoms. The Labute approximate surface area is 138 Å². The Morgan fingerprint density at radius 2 is 2.04 bits per heavy atom. The maximum Gasteiger partial charge on any atom is 0.236 e. The Hall–Kier alpha value is -1.92. The van der Waals surface area contributed by atoms with E-state index in [2.05, 4.69) is 10.5 Å². The summed E-state index contributed by atoms with van der Waals surface area (Å²) in [5.74, 6) is -0.429. The summed E-state index contributed by atoms with van der Waals surface area (Å²) in [5, 5.41) is 14.1. The smallest absolute Gasteiger partial charge is 0.236 e. The minimum atomic E-state index is -0.735. The van der Waals surface area contributed by atoms with Crippen molar-refractivity contribution < 1.29 is 9.90 Å². The molecular formula is C17H28N4O2. The lowest BCUT2D eigenvalue weighted by molar-refractivity contribution is -0.120. The number of para-hydroxylation sites is 1. The molecule has 4 N–H and O–H groups in total. The van der Waals surface area contributed by atoms with Gasteiger partial charge < -0.3 is 21.2 Å². The van der Waals surface area contributed by atoms with Crippen molar-refractivity contribution in [2.45, 2.75) is 33.8 Å². The molecule has 1 aliphatic rings. The highest BCUT2D eigenvalue weighted by Crippen LogP contribution is 2.30. The molecule has 128 valence electrons. The van der Waals surface area contributed by atoms with Crippen LogP contribution < -0.4 is 16.1 Å². The highest BCUT2D eigenvalue weighted by molar-refractivity contribution is 6.23. The number of hydrazone groups is 1. The molecule has 0 radical (unpaired) electrons. The van der Waals surface area contributed by atoms with Crippen LogP contribution in [0.4, 0.5) is 5.69 Å². The maximum absolute atomic E-state index is 12.6. The van der Waals surface area contributed by atoms with Gasteiger partial charge in [-0.3, -0.25) is 4.79 Å². The van der Waals surface area contributed by atoms with Gasteiger partial charge in [0.2, 0.25) is 5.91 Å². The molecule has 0 fully saturated rings. The van der Waals surface area contributed by atoms with E-state index in [1.54, 1.807) is 4.90 Å². The Morgan fingerprint density at radius 1 is 1.39 bits per heavy atom. The van der Waals surface area contributed by atoms with Crippen LogP contribution in [-0.4, -0.2) is 42.5 Å². The summed E-state index contributed by atoms with van der Waals surface area (Å²) < 4.78 is 0. The number of rotatable bonds is 5. The molecule has 6 nitrogen and oxygen atoms in total. The van der Waals surface area contributed by atoms with Crippen LogP contribution in [0.5, 0.6) is 0 Å². The van der Waals surface area contributed by atoms with E-state index in [1.165, 1.54) is 0 Å². The zero-order valence-electron chi connectivity index (χ0n) is 14.4. The van der Waals surface area contributed by atoms with Crippen molar-refractivity contribution in [3.63, 3.8) is 0 Å². The largest absolute Gasteiger partial charge is 0.390 e. The number of aliphatic hydroxyl groups excluding tert-OH is 1. The number of aliphatic hydroxyl groups is 1. The van der Waals surface area contributed by atoms with Gasteiger partial charge in [-0.1, -0.05) is 32.0 Å². The summed E-state index contributed by atoms with van der Waals surface area (Å²) in [5.41, 5.74) is 10.8. The van der Waals surface area contributed by atoms with Crippen molar-refractivity contribution in [1.29, 1.82) is 0 Å². The minimum Gasteiger partial charge on any atom is -0.390 e. The second kappa shape index (κ2) is 9.27. The lowest BCUT2D eigenvalue weighted by Gasteiger charge is -2.34. The predicted molar refractivity (Wildman–Crippen MR) is 94.6 cm³/mol. The van der Waals surface area contributed by atoms with Crippen molar-refractivity contribution in [2.24, 2.45) is 16.8 Å². The Balaban J connectivity index is 0.00000127. The third-order valence-electron chi connectivity index (χ3n) is 3.54. The summed E-state index contributed by atoms with van der Waals surface area (Å²) in [6.45, 7) is 8.80. The minimum absolute atomic E-state index is 0.0714. The second-order valence-electron chi connectivity index (χ2n) is 5.09. The topological polar surface area (TPSA) is 90.9 Å². The number of hydrogen-bond acceptors (Lipinski definition) is 5. The van der Waals surface area contributed by atoms with E-state index in [4.69, 9.17) is 5.73 Å². The van der Waals surface area contributed by atoms with Crippen LogP contribution in [0.25, 0.3) is 0 Å². The first-order valence-electron chi connectivity index (χ1n) is 8.19. The molecule has 1 aliphatic heterocycles. The maximum atomic E-state index is 12.6. The van der Waals surface area contributed by atoms with Crippen LogP contribution in [0.2, 0.25) is 0 Å². The zero-order valence-corrected chi connectivity index (χ0v) is 14.4. The Kier molecular flexibility index (Phi) is 7.71. The van der Waals surface area contributed by atoms with Gasteiger partial charge in [-0.05, 0) is 19.9 Å². The number of nitrogens with two attached hydrogens (primary N) is 1. The fourth-order valence-corrected chi connectivity index (χ4v) is 2.42. The highest BCUT2D eigenvalue weighted by atomic mass is 16.3. The highest BCUT2D eigenvalue weighted by Gasteiger charge is 2.35. The van der Waals surface area contributed by atoms with Gasteiger partial charge in [0, 0.05) is 18.7 Å². The van der Waals surface area contributed by atoms with E-state index in [-0.39, 0.29) is 24.9 Å². The van der Waals surface area contributed by atoms with Crippen LogP contribution in [0.15, 0.2) is 29.4 Å². The van der Waals surface area contributed by atoms with Crippen molar-refractivity contribution in [2.75, 3.05) is 24.5 Å². The number of β-amino-alcohol motifs (C(OH)–C–C–N with tert-alkyl or cyclic N) is 1. The van der Waals surface area contributed by atoms with Crippen molar-refractivity contribution in [1.82, 2.24) is 5.43 Å². The number of fused-ring (bicyclic) bond motifs is 1. The van der Waals surface area contributed by atoms with Crippen LogP contribution in [0.1, 0.15) is 33.3 Å². The van der Waals surface area contributed by atoms with Gasteiger partial charge in [-0.15, -0.1) is 0 Å². The Bertz CT molecular complexity index is 545. The van der Waals surface area contributed by atoms with Crippen LogP contribution in [-0.2, 0) is 4.79 Å². The average Bonchev–Trinajstić information content (AvgIpc) is 2.60. The van der Waals surface area contributed by atoms with Gasteiger partial charge >= 0.3 is 0 Å². The summed E-state index contributed by atoms with van der Waals surface area (Å²) >= 11 is 0. The number of nitrogens with zero attached hydrogens (tertiary/aromatic N) is 2. The lowest BCUT2D eigenvalue weighted by Crippen LogP contribution is -2.48. The molecule has 1 aromatic carbocycles. The van der Waals surface area contributed by atoms with Gasteiger partial charge in [-0.25, -0.2) is 0 Å². The van der Waals surface area contributed by atoms with E-state index in [0.29, 0.717) is 6.54 Å². The third-order valence-corrected chi connectivity index (χ3v) is 3.54. The van der Waals surface area contributed by atoms with Gasteiger partial charge in [0.25, 0.3) is 0 Å². The fraction of sp³-hybridized carbons (Fsp3) is 0.529. The van der Waals surface area contributed by atoms with E-state index < -0.39 is 6.10 Å². The second-order valence-corrected chi connectivity index (χ2v) is 5.09. The number of nitrogens with one attached hydrogen (secondary N) is 1. The molecule has 0 aliphatic carbocycles. The van der Waals surface area contributed by atoms with Crippen molar-refractivity contribution in [3.8, 4) is 0 Å². The molecule has 2 rings (SSSR count). The Morgan fingerprint density at radius 3 is 2.65 bits per heavy atom. The molecule has 6 heteroatoms. The molecule has 1 heterocycles. The predicted octanol–water partition coefficient (Wildman–Crippen LogP) is 1.33. The van der Waals surface area contributed by atoms with Crippen molar-refractivity contribution >= 4 is 17.3 Å². The lowest BCUT2D eigenvalue weighted by atomic mass is 9.90. The number of amides is 1. The van der Waals surface area contributed by atoms with E-state index in [9.17, 15) is 9.90 Å². The number of carbonyl (C=O) groups is 1. The quantitative estimate of drug-likeness (QED) is 0.714. The number of anilines is 1. The molecule has 0 saturated carbocycles. The van der Waals surface area contributed by atoms with Crippen LogP contribution in [0.3, 0.4) is 0 Å². The first-order valence-corrected chi connectivity index (χ1v) is 8.19. The standard InChI is InChI=1S/C15H22N4O2.C2H6/c1-3-17-18-14-10(2)15(21)19(9-11(20)8-16)13-7-5-4-6-12(13)14;1-2/h4-7,10-11,17,20H,3,8-9,16H2,1-2H3;1-2H3/b18-14+;. The monoisotopic (exact) mass is 320 g/mol. The van der Waals surface area contributed by atoms with Crippen LogP contribution in [0, 0.1) is 5.92 Å². The average molecular weight is 320 g/mol. The normalized spacial score (nSPS) is 19.7. The van der Waals surface area contributed by atoms with Gasteiger partial charge in [0.05, 0.1) is 30.0 Å². The molecule has 2 atom stereocenters. The van der Waals surface area contributed by atoms with E-state index in [0.717, 1.165) is 17.0 Å². The number of carbonyl (C=O) groups excluding carboxylic acids is 1. The molecule has 2 unspecified atom stereocenters. The van der Waals surface area contributed by atoms with Gasteiger partial charge in [-0.2, -0.15) is 5.10 Å². The molecule has 1 amide bonds. The molecule has 23 heavy (non-hydrogen) atoms. The molecule has 0 spiro atoms. The molecule has 0 aromatic heterocycles. The summed E-state index contributed by atoms with van der Waals surface area (Å²) in [6.07, 6.45) is -0.735. The van der Waals surface area contributed by atoms with Crippen molar-refractivity contribution in [3.05, 3.63) is 29.8 Å². The van der Waals surface area contributed by atoms with E-state index >= 15 is 0 Å². The molecule has 1 aromatic rings. The van der Waals surface area contributed by atoms with E-state index in [1.807, 2.05) is 52.0 Å².